The molecule has 0 saturated carbocycles. The van der Waals surface area contributed by atoms with Crippen molar-refractivity contribution >= 4 is 34.2 Å². The van der Waals surface area contributed by atoms with Crippen LogP contribution in [0, 0.1) is 5.82 Å². The highest BCUT2D eigenvalue weighted by Gasteiger charge is 2.35. The topological polar surface area (TPSA) is 70.7 Å². The number of carbonyl (C=O) groups excluding carboxylic acids is 1. The first kappa shape index (κ1) is 14.4. The number of H-pyrrole nitrogens is 1. The zero-order valence-corrected chi connectivity index (χ0v) is 11.3. The fraction of sp³-hybridized carbons (Fsp3) is 0.0833. The van der Waals surface area contributed by atoms with Crippen LogP contribution in [-0.4, -0.2) is 20.9 Å². The van der Waals surface area contributed by atoms with E-state index >= 15 is 0 Å². The monoisotopic (exact) mass is 330 g/mol. The van der Waals surface area contributed by atoms with Crippen LogP contribution in [0.15, 0.2) is 24.4 Å². The molecule has 0 atom stereocenters. The van der Waals surface area contributed by atoms with E-state index < -0.39 is 22.9 Å². The third-order valence-corrected chi connectivity index (χ3v) is 3.71. The number of thiazole rings is 1. The number of nitrogens with zero attached hydrogens (tertiary/aromatic N) is 2. The predicted molar refractivity (Wildman–Crippen MR) is 71.1 cm³/mol. The Morgan fingerprint density at radius 1 is 1.32 bits per heavy atom. The molecule has 0 saturated heterocycles. The largest absolute Gasteiger partial charge is 0.443 e. The summed E-state index contributed by atoms with van der Waals surface area (Å²) in [4.78, 5) is 21.3. The zero-order valence-electron chi connectivity index (χ0n) is 10.5. The van der Waals surface area contributed by atoms with E-state index in [0.717, 1.165) is 6.20 Å². The summed E-state index contributed by atoms with van der Waals surface area (Å²) < 4.78 is 50.8. The van der Waals surface area contributed by atoms with Crippen molar-refractivity contribution in [2.24, 2.45) is 0 Å². The summed E-state index contributed by atoms with van der Waals surface area (Å²) in [5.41, 5.74) is 0.383. The summed E-state index contributed by atoms with van der Waals surface area (Å²) in [6.45, 7) is 0. The van der Waals surface area contributed by atoms with Gasteiger partial charge in [-0.05, 0) is 12.1 Å². The maximum Gasteiger partial charge on any atom is 0.443 e. The average Bonchev–Trinajstić information content (AvgIpc) is 3.04. The number of para-hydroxylation sites is 1. The van der Waals surface area contributed by atoms with Crippen molar-refractivity contribution in [2.75, 3.05) is 5.32 Å². The Hall–Kier alpha value is -2.49. The van der Waals surface area contributed by atoms with Crippen molar-refractivity contribution in [1.82, 2.24) is 15.0 Å². The van der Waals surface area contributed by atoms with Gasteiger partial charge in [0.1, 0.15) is 10.4 Å². The van der Waals surface area contributed by atoms with Crippen LogP contribution >= 0.6 is 11.3 Å². The van der Waals surface area contributed by atoms with E-state index in [4.69, 9.17) is 0 Å². The second-order valence-corrected chi connectivity index (χ2v) is 5.23. The molecule has 0 unspecified atom stereocenters. The minimum Gasteiger partial charge on any atom is -0.324 e. The van der Waals surface area contributed by atoms with Crippen LogP contribution in [0.3, 0.4) is 0 Å². The molecule has 2 N–H and O–H groups in total. The Balaban J connectivity index is 1.84. The average molecular weight is 330 g/mol. The second kappa shape index (κ2) is 5.05. The van der Waals surface area contributed by atoms with Gasteiger partial charge >= 0.3 is 6.18 Å². The number of aromatic amines is 1. The molecule has 114 valence electrons. The van der Waals surface area contributed by atoms with E-state index in [1.165, 1.54) is 12.1 Å². The molecular weight excluding hydrogens is 324 g/mol. The Bertz CT molecular complexity index is 854. The number of alkyl halides is 3. The fourth-order valence-electron chi connectivity index (χ4n) is 1.74. The van der Waals surface area contributed by atoms with Crippen molar-refractivity contribution in [3.63, 3.8) is 0 Å². The van der Waals surface area contributed by atoms with E-state index in [1.807, 2.05) is 0 Å². The number of aromatic nitrogens is 3. The van der Waals surface area contributed by atoms with Gasteiger partial charge < -0.3 is 4.98 Å². The molecule has 0 aliphatic carbocycles. The molecule has 22 heavy (non-hydrogen) atoms. The number of hydrogen-bond donors (Lipinski definition) is 2. The normalized spacial score (nSPS) is 11.8. The summed E-state index contributed by atoms with van der Waals surface area (Å²) in [6.07, 6.45) is -3.78. The highest BCUT2D eigenvalue weighted by molar-refractivity contribution is 7.13. The molecule has 0 aliphatic heterocycles. The number of amides is 1. The van der Waals surface area contributed by atoms with Crippen LogP contribution < -0.4 is 5.32 Å². The molecule has 0 aliphatic rings. The smallest absolute Gasteiger partial charge is 0.324 e. The standard InChI is InChI=1S/C12H6F4N4OS/c13-5-2-1-3-6-8(5)19-11(18-6)20-9(21)7-4-17-10(22-7)12(14,15)16/h1-4H,(H2,18,19,20,21). The molecule has 1 amide bonds. The van der Waals surface area contributed by atoms with Gasteiger partial charge in [-0.25, -0.2) is 14.4 Å². The summed E-state index contributed by atoms with van der Waals surface area (Å²) in [6, 6.07) is 4.21. The summed E-state index contributed by atoms with van der Waals surface area (Å²) in [5.74, 6) is -1.45. The van der Waals surface area contributed by atoms with Crippen molar-refractivity contribution in [3.05, 3.63) is 40.1 Å². The third kappa shape index (κ3) is 2.64. The van der Waals surface area contributed by atoms with E-state index in [-0.39, 0.29) is 27.7 Å². The molecule has 10 heteroatoms. The maximum atomic E-state index is 13.5. The number of imidazole rings is 1. The SMILES string of the molecule is O=C(Nc1nc2c(F)cccc2[nH]1)c1cnc(C(F)(F)F)s1. The van der Waals surface area contributed by atoms with Gasteiger partial charge in [-0.2, -0.15) is 13.2 Å². The lowest BCUT2D eigenvalue weighted by atomic mass is 10.3. The fourth-order valence-corrected chi connectivity index (χ4v) is 2.41. The van der Waals surface area contributed by atoms with Crippen LogP contribution in [-0.2, 0) is 6.18 Å². The molecular formula is C12H6F4N4OS. The van der Waals surface area contributed by atoms with Crippen molar-refractivity contribution in [1.29, 1.82) is 0 Å². The summed E-state index contributed by atoms with van der Waals surface area (Å²) in [5, 5.41) is 1.15. The molecule has 0 fully saturated rings. The van der Waals surface area contributed by atoms with Gasteiger partial charge in [0.05, 0.1) is 11.7 Å². The molecule has 1 aromatic carbocycles. The predicted octanol–water partition coefficient (Wildman–Crippen LogP) is 3.43. The van der Waals surface area contributed by atoms with Crippen molar-refractivity contribution < 1.29 is 22.4 Å². The molecule has 2 heterocycles. The first-order chi connectivity index (χ1) is 10.3. The number of hydrogen-bond acceptors (Lipinski definition) is 4. The molecule has 0 bridgehead atoms. The van der Waals surface area contributed by atoms with Crippen LogP contribution in [0.4, 0.5) is 23.5 Å². The van der Waals surface area contributed by atoms with E-state index in [0.29, 0.717) is 5.52 Å². The molecule has 3 aromatic rings. The highest BCUT2D eigenvalue weighted by Crippen LogP contribution is 2.32. The quantitative estimate of drug-likeness (QED) is 0.707. The number of rotatable bonds is 2. The minimum absolute atomic E-state index is 0.0260. The van der Waals surface area contributed by atoms with Gasteiger partial charge in [0.2, 0.25) is 5.95 Å². The minimum atomic E-state index is -4.61. The molecule has 3 rings (SSSR count). The lowest BCUT2D eigenvalue weighted by molar-refractivity contribution is -0.137. The van der Waals surface area contributed by atoms with Gasteiger partial charge in [-0.1, -0.05) is 6.07 Å². The van der Waals surface area contributed by atoms with Crippen molar-refractivity contribution in [2.45, 2.75) is 6.18 Å². The van der Waals surface area contributed by atoms with Crippen LogP contribution in [0.1, 0.15) is 14.7 Å². The van der Waals surface area contributed by atoms with E-state index in [1.54, 1.807) is 6.07 Å². The van der Waals surface area contributed by atoms with Crippen molar-refractivity contribution in [3.8, 4) is 0 Å². The Kier molecular flexibility index (Phi) is 3.32. The first-order valence-electron chi connectivity index (χ1n) is 5.83. The number of benzene rings is 1. The van der Waals surface area contributed by atoms with Gasteiger partial charge in [-0.15, -0.1) is 11.3 Å². The van der Waals surface area contributed by atoms with Crippen LogP contribution in [0.5, 0.6) is 0 Å². The maximum absolute atomic E-state index is 13.5. The molecule has 0 radical (unpaired) electrons. The first-order valence-corrected chi connectivity index (χ1v) is 6.65. The number of anilines is 1. The summed E-state index contributed by atoms with van der Waals surface area (Å²) in [7, 11) is 0. The third-order valence-electron chi connectivity index (χ3n) is 2.67. The van der Waals surface area contributed by atoms with Gasteiger partial charge in [0.25, 0.3) is 5.91 Å². The molecule has 0 spiro atoms. The van der Waals surface area contributed by atoms with Gasteiger partial charge in [0.15, 0.2) is 10.8 Å². The lowest BCUT2D eigenvalue weighted by Gasteiger charge is -1.99. The second-order valence-electron chi connectivity index (χ2n) is 4.20. The zero-order chi connectivity index (χ0) is 15.9. The Morgan fingerprint density at radius 2 is 2.09 bits per heavy atom. The molecule has 5 nitrogen and oxygen atoms in total. The number of carbonyl (C=O) groups is 1. The van der Waals surface area contributed by atoms with Crippen LogP contribution in [0.25, 0.3) is 11.0 Å². The van der Waals surface area contributed by atoms with E-state index in [2.05, 4.69) is 20.3 Å². The number of nitrogens with one attached hydrogen (secondary N) is 2. The number of fused-ring (bicyclic) bond motifs is 1. The lowest BCUT2D eigenvalue weighted by Crippen LogP contribution is -2.11. The number of halogens is 4. The van der Waals surface area contributed by atoms with Gasteiger partial charge in [0, 0.05) is 0 Å². The summed E-state index contributed by atoms with van der Waals surface area (Å²) >= 11 is 0.213. The van der Waals surface area contributed by atoms with Gasteiger partial charge in [-0.3, -0.25) is 10.1 Å². The molecule has 2 aromatic heterocycles. The highest BCUT2D eigenvalue weighted by atomic mass is 32.1. The van der Waals surface area contributed by atoms with Crippen LogP contribution in [0.2, 0.25) is 0 Å². The Labute approximate surface area is 124 Å². The Morgan fingerprint density at radius 3 is 2.73 bits per heavy atom. The van der Waals surface area contributed by atoms with E-state index in [9.17, 15) is 22.4 Å².